The van der Waals surface area contributed by atoms with Gasteiger partial charge in [0.25, 0.3) is 5.91 Å². The topological polar surface area (TPSA) is 88.2 Å². The summed E-state index contributed by atoms with van der Waals surface area (Å²) in [6.45, 7) is 1.89. The second kappa shape index (κ2) is 5.97. The van der Waals surface area contributed by atoms with E-state index in [0.29, 0.717) is 5.82 Å². The van der Waals surface area contributed by atoms with Crippen molar-refractivity contribution in [2.24, 2.45) is 0 Å². The van der Waals surface area contributed by atoms with Crippen LogP contribution in [0.4, 0.5) is 0 Å². The zero-order valence-corrected chi connectivity index (χ0v) is 10.2. The molecule has 0 radical (unpaired) electrons. The van der Waals surface area contributed by atoms with Crippen LogP contribution in [0.2, 0.25) is 0 Å². The molecule has 0 fully saturated rings. The van der Waals surface area contributed by atoms with Gasteiger partial charge in [0, 0.05) is 13.5 Å². The Balaban J connectivity index is 2.64. The maximum absolute atomic E-state index is 11.8. The van der Waals surface area contributed by atoms with Crippen molar-refractivity contribution in [3.63, 3.8) is 0 Å². The lowest BCUT2D eigenvalue weighted by molar-refractivity contribution is -0.141. The number of carbonyl (C=O) groups excluding carboxylic acids is 2. The van der Waals surface area contributed by atoms with Gasteiger partial charge < -0.3 is 9.64 Å². The van der Waals surface area contributed by atoms with Gasteiger partial charge in [-0.1, -0.05) is 6.92 Å². The fraction of sp³-hybridized carbons (Fsp3) is 0.600. The fourth-order valence-corrected chi connectivity index (χ4v) is 1.24. The number of likely N-dealkylation sites (N-methyl/N-ethyl adjacent to an activating group) is 1. The van der Waals surface area contributed by atoms with Crippen molar-refractivity contribution in [3.05, 3.63) is 11.6 Å². The number of aryl methyl sites for hydroxylation is 1. The molecule has 0 unspecified atom stereocenters. The molecule has 1 aromatic heterocycles. The minimum atomic E-state index is -0.481. The van der Waals surface area contributed by atoms with E-state index in [9.17, 15) is 9.59 Å². The van der Waals surface area contributed by atoms with Gasteiger partial charge in [0.05, 0.1) is 7.11 Å². The van der Waals surface area contributed by atoms with Crippen LogP contribution >= 0.6 is 0 Å². The molecule has 0 spiro atoms. The van der Waals surface area contributed by atoms with Gasteiger partial charge in [-0.25, -0.2) is 4.98 Å². The van der Waals surface area contributed by atoms with Crippen molar-refractivity contribution in [1.82, 2.24) is 20.1 Å². The third-order valence-electron chi connectivity index (χ3n) is 2.15. The smallest absolute Gasteiger partial charge is 0.325 e. The quantitative estimate of drug-likeness (QED) is 0.732. The summed E-state index contributed by atoms with van der Waals surface area (Å²) in [6, 6.07) is 0. The Morgan fingerprint density at radius 2 is 2.18 bits per heavy atom. The minimum absolute atomic E-state index is 0.0693. The number of hydrogen-bond acceptors (Lipinski definition) is 5. The summed E-state index contributed by atoms with van der Waals surface area (Å²) < 4.78 is 4.47. The highest BCUT2D eigenvalue weighted by atomic mass is 16.5. The van der Waals surface area contributed by atoms with Crippen LogP contribution in [-0.2, 0) is 16.0 Å². The van der Waals surface area contributed by atoms with Crippen molar-refractivity contribution in [3.8, 4) is 0 Å². The Hall–Kier alpha value is -1.92. The number of ether oxygens (including phenoxy) is 1. The number of rotatable bonds is 5. The fourth-order valence-electron chi connectivity index (χ4n) is 1.24. The Morgan fingerprint density at radius 1 is 1.47 bits per heavy atom. The summed E-state index contributed by atoms with van der Waals surface area (Å²) in [5, 5.41) is 6.49. The van der Waals surface area contributed by atoms with Gasteiger partial charge in [-0.05, 0) is 6.42 Å². The summed E-state index contributed by atoms with van der Waals surface area (Å²) >= 11 is 0. The van der Waals surface area contributed by atoms with E-state index in [1.165, 1.54) is 19.1 Å². The van der Waals surface area contributed by atoms with E-state index < -0.39 is 11.9 Å². The standard InChI is InChI=1S/C10H16N4O3/c1-4-5-7-11-9(13-12-7)10(16)14(2)6-8(15)17-3/h4-6H2,1-3H3,(H,11,12,13). The summed E-state index contributed by atoms with van der Waals surface area (Å²) in [4.78, 5) is 28.0. The van der Waals surface area contributed by atoms with Gasteiger partial charge in [-0.2, -0.15) is 0 Å². The Kier molecular flexibility index (Phi) is 4.62. The van der Waals surface area contributed by atoms with Crippen LogP contribution in [0.15, 0.2) is 0 Å². The SMILES string of the molecule is CCCc1nc(C(=O)N(C)CC(=O)OC)n[nH]1. The Labute approximate surface area is 99.2 Å². The van der Waals surface area contributed by atoms with E-state index >= 15 is 0 Å². The number of nitrogens with zero attached hydrogens (tertiary/aromatic N) is 3. The molecule has 0 atom stereocenters. The lowest BCUT2D eigenvalue weighted by atomic mass is 10.3. The van der Waals surface area contributed by atoms with Crippen LogP contribution < -0.4 is 0 Å². The molecule has 0 aliphatic heterocycles. The third kappa shape index (κ3) is 3.54. The first kappa shape index (κ1) is 13.1. The third-order valence-corrected chi connectivity index (χ3v) is 2.15. The molecule has 94 valence electrons. The van der Waals surface area contributed by atoms with Crippen molar-refractivity contribution in [1.29, 1.82) is 0 Å². The molecule has 7 nitrogen and oxygen atoms in total. The molecule has 0 bridgehead atoms. The number of methoxy groups -OCH3 is 1. The van der Waals surface area contributed by atoms with Crippen LogP contribution in [0, 0.1) is 0 Å². The summed E-state index contributed by atoms with van der Waals surface area (Å²) in [5.41, 5.74) is 0. The minimum Gasteiger partial charge on any atom is -0.468 e. The molecule has 1 N–H and O–H groups in total. The maximum atomic E-state index is 11.8. The van der Waals surface area contributed by atoms with Gasteiger partial charge in [0.15, 0.2) is 0 Å². The van der Waals surface area contributed by atoms with Crippen LogP contribution in [-0.4, -0.2) is 52.7 Å². The Morgan fingerprint density at radius 3 is 2.76 bits per heavy atom. The molecule has 1 rings (SSSR count). The number of esters is 1. The van der Waals surface area contributed by atoms with Gasteiger partial charge in [-0.15, -0.1) is 5.10 Å². The summed E-state index contributed by atoms with van der Waals surface area (Å²) in [5.74, 6) is -0.152. The number of carbonyl (C=O) groups is 2. The zero-order chi connectivity index (χ0) is 12.8. The number of aromatic nitrogens is 3. The lowest BCUT2D eigenvalue weighted by Gasteiger charge is -2.12. The number of hydrogen-bond donors (Lipinski definition) is 1. The average Bonchev–Trinajstić information content (AvgIpc) is 2.76. The highest BCUT2D eigenvalue weighted by molar-refractivity contribution is 5.92. The zero-order valence-electron chi connectivity index (χ0n) is 10.2. The van der Waals surface area contributed by atoms with Gasteiger partial charge >= 0.3 is 5.97 Å². The second-order valence-corrected chi connectivity index (χ2v) is 3.59. The number of aromatic amines is 1. The average molecular weight is 240 g/mol. The molecular weight excluding hydrogens is 224 g/mol. The molecule has 0 aliphatic rings. The molecule has 17 heavy (non-hydrogen) atoms. The normalized spacial score (nSPS) is 10.1. The highest BCUT2D eigenvalue weighted by Crippen LogP contribution is 2.00. The largest absolute Gasteiger partial charge is 0.468 e. The molecule has 1 amide bonds. The predicted octanol–water partition coefficient (Wildman–Crippen LogP) is 0.00220. The molecular formula is C10H16N4O3. The molecule has 7 heteroatoms. The molecule has 0 saturated heterocycles. The van der Waals surface area contributed by atoms with Gasteiger partial charge in [0.2, 0.25) is 5.82 Å². The van der Waals surface area contributed by atoms with E-state index in [2.05, 4.69) is 19.9 Å². The maximum Gasteiger partial charge on any atom is 0.325 e. The molecule has 0 aliphatic carbocycles. The van der Waals surface area contributed by atoms with E-state index in [0.717, 1.165) is 12.8 Å². The first-order chi connectivity index (χ1) is 8.08. The molecule has 1 aromatic rings. The van der Waals surface area contributed by atoms with Crippen LogP contribution in [0.25, 0.3) is 0 Å². The van der Waals surface area contributed by atoms with Crippen LogP contribution in [0.1, 0.15) is 29.8 Å². The molecule has 0 aromatic carbocycles. The first-order valence-electron chi connectivity index (χ1n) is 5.32. The highest BCUT2D eigenvalue weighted by Gasteiger charge is 2.19. The van der Waals surface area contributed by atoms with Crippen molar-refractivity contribution in [2.45, 2.75) is 19.8 Å². The van der Waals surface area contributed by atoms with E-state index in [4.69, 9.17) is 0 Å². The first-order valence-corrected chi connectivity index (χ1v) is 5.32. The van der Waals surface area contributed by atoms with E-state index in [1.54, 1.807) is 0 Å². The van der Waals surface area contributed by atoms with E-state index in [1.807, 2.05) is 6.92 Å². The summed E-state index contributed by atoms with van der Waals surface area (Å²) in [7, 11) is 2.77. The van der Waals surface area contributed by atoms with E-state index in [-0.39, 0.29) is 12.4 Å². The number of nitrogens with one attached hydrogen (secondary N) is 1. The predicted molar refractivity (Wildman–Crippen MR) is 59.4 cm³/mol. The number of H-pyrrole nitrogens is 1. The molecule has 0 saturated carbocycles. The van der Waals surface area contributed by atoms with Crippen molar-refractivity contribution < 1.29 is 14.3 Å². The monoisotopic (exact) mass is 240 g/mol. The van der Waals surface area contributed by atoms with Gasteiger partial charge in [0.1, 0.15) is 12.4 Å². The number of amides is 1. The van der Waals surface area contributed by atoms with Crippen LogP contribution in [0.5, 0.6) is 0 Å². The summed E-state index contributed by atoms with van der Waals surface area (Å²) in [6.07, 6.45) is 1.65. The second-order valence-electron chi connectivity index (χ2n) is 3.59. The lowest BCUT2D eigenvalue weighted by Crippen LogP contribution is -2.33. The molecule has 1 heterocycles. The van der Waals surface area contributed by atoms with Crippen molar-refractivity contribution in [2.75, 3.05) is 20.7 Å². The van der Waals surface area contributed by atoms with Crippen LogP contribution in [0.3, 0.4) is 0 Å². The van der Waals surface area contributed by atoms with Crippen molar-refractivity contribution >= 4 is 11.9 Å². The van der Waals surface area contributed by atoms with Gasteiger partial charge in [-0.3, -0.25) is 14.7 Å². The Bertz CT molecular complexity index is 402.